The maximum Gasteiger partial charge on any atom is 0.193 e. The number of hydrogen-bond donors (Lipinski definition) is 0. The molecule has 0 N–H and O–H groups in total. The van der Waals surface area contributed by atoms with E-state index in [1.807, 2.05) is 55.5 Å². The molecule has 3 heteroatoms. The topological polar surface area (TPSA) is 35.5 Å². The molecule has 0 heterocycles. The molecular weight excluding hydrogens is 288 g/mol. The highest BCUT2D eigenvalue weighted by Crippen LogP contribution is 2.35. The van der Waals surface area contributed by atoms with Crippen LogP contribution >= 0.6 is 0 Å². The normalized spacial score (nSPS) is 10.6. The molecule has 0 aliphatic heterocycles. The lowest BCUT2D eigenvalue weighted by Crippen LogP contribution is -2.04. The number of aryl methyl sites for hydroxylation is 1. The fraction of sp³-hybridized carbons (Fsp3) is 0.150. The van der Waals surface area contributed by atoms with Gasteiger partial charge in [0, 0.05) is 21.9 Å². The fourth-order valence-corrected chi connectivity index (χ4v) is 2.74. The smallest absolute Gasteiger partial charge is 0.193 e. The van der Waals surface area contributed by atoms with Crippen LogP contribution in [0.3, 0.4) is 0 Å². The van der Waals surface area contributed by atoms with Gasteiger partial charge in [-0.15, -0.1) is 0 Å². The number of hydrogen-bond acceptors (Lipinski definition) is 3. The quantitative estimate of drug-likeness (QED) is 0.670. The Kier molecular flexibility index (Phi) is 4.02. The molecule has 0 unspecified atom stereocenters. The molecule has 0 radical (unpaired) electrons. The van der Waals surface area contributed by atoms with Gasteiger partial charge >= 0.3 is 0 Å². The molecule has 0 saturated carbocycles. The van der Waals surface area contributed by atoms with Crippen LogP contribution in [0.2, 0.25) is 0 Å². The highest BCUT2D eigenvalue weighted by molar-refractivity contribution is 6.18. The van der Waals surface area contributed by atoms with Crippen LogP contribution in [0.15, 0.2) is 54.6 Å². The number of fused-ring (bicyclic) bond motifs is 1. The predicted octanol–water partition coefficient (Wildman–Crippen LogP) is 4.40. The van der Waals surface area contributed by atoms with E-state index in [1.54, 1.807) is 20.3 Å². The molecule has 23 heavy (non-hydrogen) atoms. The minimum Gasteiger partial charge on any atom is -0.496 e. The number of methoxy groups -OCH3 is 2. The Morgan fingerprint density at radius 1 is 0.826 bits per heavy atom. The zero-order valence-corrected chi connectivity index (χ0v) is 13.4. The summed E-state index contributed by atoms with van der Waals surface area (Å²) in [7, 11) is 3.23. The molecule has 0 aromatic heterocycles. The number of carbonyl (C=O) groups is 1. The predicted molar refractivity (Wildman–Crippen MR) is 91.7 cm³/mol. The molecule has 3 nitrogen and oxygen atoms in total. The lowest BCUT2D eigenvalue weighted by molar-refractivity contribution is 0.104. The highest BCUT2D eigenvalue weighted by atomic mass is 16.5. The first kappa shape index (κ1) is 15.1. The molecule has 0 aliphatic rings. The SMILES string of the molecule is COc1ccc(C(=O)c2ccc(C)cc2)c2c(OC)cccc12. The third kappa shape index (κ3) is 2.66. The van der Waals surface area contributed by atoms with E-state index in [4.69, 9.17) is 9.47 Å². The summed E-state index contributed by atoms with van der Waals surface area (Å²) in [5.74, 6) is 1.36. The van der Waals surface area contributed by atoms with Crippen molar-refractivity contribution in [1.82, 2.24) is 0 Å². The average Bonchev–Trinajstić information content (AvgIpc) is 2.60. The first-order chi connectivity index (χ1) is 11.2. The summed E-state index contributed by atoms with van der Waals surface area (Å²) >= 11 is 0. The molecule has 0 aliphatic carbocycles. The van der Waals surface area contributed by atoms with Crippen molar-refractivity contribution in [2.24, 2.45) is 0 Å². The second-order valence-corrected chi connectivity index (χ2v) is 5.39. The van der Waals surface area contributed by atoms with E-state index in [2.05, 4.69) is 0 Å². The standard InChI is InChI=1S/C20H18O3/c1-13-7-9-14(10-8-13)20(21)16-11-12-17(22-2)15-5-4-6-18(23-3)19(15)16/h4-12H,1-3H3. The van der Waals surface area contributed by atoms with E-state index < -0.39 is 0 Å². The van der Waals surface area contributed by atoms with Crippen molar-refractivity contribution in [2.75, 3.05) is 14.2 Å². The maximum absolute atomic E-state index is 12.9. The summed E-state index contributed by atoms with van der Waals surface area (Å²) in [5.41, 5.74) is 2.40. The molecule has 3 rings (SSSR count). The van der Waals surface area contributed by atoms with Crippen molar-refractivity contribution in [3.63, 3.8) is 0 Å². The molecule has 0 amide bonds. The Hall–Kier alpha value is -2.81. The molecular formula is C20H18O3. The van der Waals surface area contributed by atoms with E-state index in [0.29, 0.717) is 16.9 Å². The van der Waals surface area contributed by atoms with Crippen molar-refractivity contribution in [2.45, 2.75) is 6.92 Å². The summed E-state index contributed by atoms with van der Waals surface area (Å²) < 4.78 is 10.9. The van der Waals surface area contributed by atoms with Crippen molar-refractivity contribution >= 4 is 16.6 Å². The van der Waals surface area contributed by atoms with Gasteiger partial charge in [0.1, 0.15) is 11.5 Å². The van der Waals surface area contributed by atoms with E-state index in [0.717, 1.165) is 22.1 Å². The van der Waals surface area contributed by atoms with E-state index in [-0.39, 0.29) is 5.78 Å². The number of benzene rings is 3. The molecule has 3 aromatic rings. The number of rotatable bonds is 4. The summed E-state index contributed by atoms with van der Waals surface area (Å²) in [6, 6.07) is 16.9. The van der Waals surface area contributed by atoms with Gasteiger partial charge in [0.2, 0.25) is 0 Å². The molecule has 0 saturated heterocycles. The maximum atomic E-state index is 12.9. The zero-order chi connectivity index (χ0) is 16.4. The van der Waals surface area contributed by atoms with Crippen LogP contribution in [-0.2, 0) is 0 Å². The minimum atomic E-state index is -0.0258. The fourth-order valence-electron chi connectivity index (χ4n) is 2.74. The van der Waals surface area contributed by atoms with Gasteiger partial charge in [0.15, 0.2) is 5.78 Å². The Balaban J connectivity index is 2.25. The second-order valence-electron chi connectivity index (χ2n) is 5.39. The lowest BCUT2D eigenvalue weighted by Gasteiger charge is -2.13. The number of carbonyl (C=O) groups excluding carboxylic acids is 1. The molecule has 116 valence electrons. The Bertz CT molecular complexity index is 864. The van der Waals surface area contributed by atoms with Crippen LogP contribution < -0.4 is 9.47 Å². The van der Waals surface area contributed by atoms with Gasteiger partial charge in [0.05, 0.1) is 14.2 Å². The summed E-state index contributed by atoms with van der Waals surface area (Å²) in [6.45, 7) is 2.00. The first-order valence-electron chi connectivity index (χ1n) is 7.40. The average molecular weight is 306 g/mol. The largest absolute Gasteiger partial charge is 0.496 e. The van der Waals surface area contributed by atoms with Crippen molar-refractivity contribution in [3.05, 3.63) is 71.3 Å². The van der Waals surface area contributed by atoms with Crippen LogP contribution in [0.5, 0.6) is 11.5 Å². The van der Waals surface area contributed by atoms with Crippen molar-refractivity contribution in [3.8, 4) is 11.5 Å². The van der Waals surface area contributed by atoms with Crippen LogP contribution in [-0.4, -0.2) is 20.0 Å². The van der Waals surface area contributed by atoms with Crippen LogP contribution in [0.1, 0.15) is 21.5 Å². The van der Waals surface area contributed by atoms with Crippen molar-refractivity contribution in [1.29, 1.82) is 0 Å². The minimum absolute atomic E-state index is 0.0258. The van der Waals surface area contributed by atoms with E-state index >= 15 is 0 Å². The molecule has 0 atom stereocenters. The number of ether oxygens (including phenoxy) is 2. The zero-order valence-electron chi connectivity index (χ0n) is 13.4. The van der Waals surface area contributed by atoms with E-state index in [1.165, 1.54) is 0 Å². The molecule has 0 bridgehead atoms. The Morgan fingerprint density at radius 3 is 2.17 bits per heavy atom. The first-order valence-corrected chi connectivity index (χ1v) is 7.40. The van der Waals surface area contributed by atoms with Gasteiger partial charge < -0.3 is 9.47 Å². The summed E-state index contributed by atoms with van der Waals surface area (Å²) in [4.78, 5) is 12.9. The highest BCUT2D eigenvalue weighted by Gasteiger charge is 2.17. The van der Waals surface area contributed by atoms with E-state index in [9.17, 15) is 4.79 Å². The molecule has 0 fully saturated rings. The number of ketones is 1. The molecule has 3 aromatic carbocycles. The third-order valence-electron chi connectivity index (χ3n) is 3.96. The van der Waals surface area contributed by atoms with Gasteiger partial charge in [0.25, 0.3) is 0 Å². The Morgan fingerprint density at radius 2 is 1.52 bits per heavy atom. The Labute approximate surface area is 135 Å². The second kappa shape index (κ2) is 6.13. The van der Waals surface area contributed by atoms with Gasteiger partial charge in [-0.1, -0.05) is 42.0 Å². The lowest BCUT2D eigenvalue weighted by atomic mass is 9.95. The molecule has 0 spiro atoms. The van der Waals surface area contributed by atoms with Crippen molar-refractivity contribution < 1.29 is 14.3 Å². The monoisotopic (exact) mass is 306 g/mol. The summed E-state index contributed by atoms with van der Waals surface area (Å²) in [6.07, 6.45) is 0. The van der Waals surface area contributed by atoms with Crippen LogP contribution in [0, 0.1) is 6.92 Å². The van der Waals surface area contributed by atoms with Crippen LogP contribution in [0.4, 0.5) is 0 Å². The van der Waals surface area contributed by atoms with Gasteiger partial charge in [-0.3, -0.25) is 4.79 Å². The van der Waals surface area contributed by atoms with Gasteiger partial charge in [-0.05, 0) is 25.1 Å². The van der Waals surface area contributed by atoms with Gasteiger partial charge in [-0.25, -0.2) is 0 Å². The van der Waals surface area contributed by atoms with Crippen LogP contribution in [0.25, 0.3) is 10.8 Å². The third-order valence-corrected chi connectivity index (χ3v) is 3.96. The summed E-state index contributed by atoms with van der Waals surface area (Å²) in [5, 5.41) is 1.64. The van der Waals surface area contributed by atoms with Gasteiger partial charge in [-0.2, -0.15) is 0 Å².